The number of hydrogen-bond acceptors (Lipinski definition) is 5. The summed E-state index contributed by atoms with van der Waals surface area (Å²) in [6.45, 7) is 12.7. The van der Waals surface area contributed by atoms with Gasteiger partial charge in [-0.25, -0.2) is 0 Å². The van der Waals surface area contributed by atoms with Crippen LogP contribution in [0.25, 0.3) is 0 Å². The SMILES string of the molecule is COc1ccc(CN(Cc2ccc(C)o2)C2CC(C)(C)NC(C)(C)C2)cc1CO. The molecular formula is C24H36N2O3. The van der Waals surface area contributed by atoms with E-state index in [2.05, 4.69) is 56.1 Å². The lowest BCUT2D eigenvalue weighted by molar-refractivity contribution is 0.0520. The summed E-state index contributed by atoms with van der Waals surface area (Å²) < 4.78 is 11.3. The molecule has 0 radical (unpaired) electrons. The maximum Gasteiger partial charge on any atom is 0.124 e. The summed E-state index contributed by atoms with van der Waals surface area (Å²) in [6.07, 6.45) is 2.14. The van der Waals surface area contributed by atoms with Gasteiger partial charge in [0.05, 0.1) is 20.3 Å². The Morgan fingerprint density at radius 1 is 1.10 bits per heavy atom. The molecule has 160 valence electrons. The van der Waals surface area contributed by atoms with Crippen molar-refractivity contribution in [1.82, 2.24) is 10.2 Å². The molecule has 0 atom stereocenters. The van der Waals surface area contributed by atoms with Gasteiger partial charge in [0.15, 0.2) is 0 Å². The van der Waals surface area contributed by atoms with Crippen LogP contribution in [-0.2, 0) is 19.7 Å². The van der Waals surface area contributed by atoms with Crippen molar-refractivity contribution in [2.45, 2.75) is 84.3 Å². The van der Waals surface area contributed by atoms with Crippen LogP contribution in [0.15, 0.2) is 34.7 Å². The monoisotopic (exact) mass is 400 g/mol. The van der Waals surface area contributed by atoms with Crippen LogP contribution in [0, 0.1) is 6.92 Å². The molecule has 1 saturated heterocycles. The van der Waals surface area contributed by atoms with Crippen molar-refractivity contribution in [2.75, 3.05) is 7.11 Å². The number of aryl methyl sites for hydroxylation is 1. The van der Waals surface area contributed by atoms with E-state index in [4.69, 9.17) is 9.15 Å². The Balaban J connectivity index is 1.89. The number of aliphatic hydroxyl groups excluding tert-OH is 1. The van der Waals surface area contributed by atoms with Gasteiger partial charge in [0.1, 0.15) is 17.3 Å². The van der Waals surface area contributed by atoms with Gasteiger partial charge in [-0.15, -0.1) is 0 Å². The van der Waals surface area contributed by atoms with Gasteiger partial charge in [0.25, 0.3) is 0 Å². The Labute approximate surface area is 175 Å². The fourth-order valence-corrected chi connectivity index (χ4v) is 4.90. The van der Waals surface area contributed by atoms with Crippen LogP contribution >= 0.6 is 0 Å². The van der Waals surface area contributed by atoms with Crippen molar-refractivity contribution in [3.63, 3.8) is 0 Å². The third-order valence-corrected chi connectivity index (χ3v) is 5.74. The number of benzene rings is 1. The molecule has 5 nitrogen and oxygen atoms in total. The molecule has 0 spiro atoms. The topological polar surface area (TPSA) is 57.9 Å². The van der Waals surface area contributed by atoms with Gasteiger partial charge in [0, 0.05) is 29.2 Å². The van der Waals surface area contributed by atoms with Gasteiger partial charge in [-0.05, 0) is 77.3 Å². The van der Waals surface area contributed by atoms with Crippen LogP contribution in [0.2, 0.25) is 0 Å². The minimum absolute atomic E-state index is 0.0260. The van der Waals surface area contributed by atoms with E-state index >= 15 is 0 Å². The highest BCUT2D eigenvalue weighted by Gasteiger charge is 2.40. The molecule has 0 amide bonds. The number of piperidine rings is 1. The summed E-state index contributed by atoms with van der Waals surface area (Å²) in [5, 5.41) is 13.5. The molecule has 1 aromatic heterocycles. The largest absolute Gasteiger partial charge is 0.496 e. The van der Waals surface area contributed by atoms with Crippen molar-refractivity contribution < 1.29 is 14.3 Å². The number of rotatable bonds is 7. The van der Waals surface area contributed by atoms with Crippen LogP contribution in [-0.4, -0.2) is 34.2 Å². The lowest BCUT2D eigenvalue weighted by atomic mass is 9.79. The summed E-state index contributed by atoms with van der Waals surface area (Å²) in [5.41, 5.74) is 2.14. The Kier molecular flexibility index (Phi) is 6.42. The standard InChI is InChI=1S/C24H36N2O3/c1-17-7-9-21(29-17)15-26(20-12-23(2,3)25-24(4,5)13-20)14-18-8-10-22(28-6)19(11-18)16-27/h7-11,20,25,27H,12-16H2,1-6H3. The number of furan rings is 1. The van der Waals surface area contributed by atoms with Gasteiger partial charge in [-0.2, -0.15) is 0 Å². The van der Waals surface area contributed by atoms with Crippen molar-refractivity contribution in [1.29, 1.82) is 0 Å². The van der Waals surface area contributed by atoms with Crippen LogP contribution < -0.4 is 10.1 Å². The molecule has 1 aliphatic rings. The van der Waals surface area contributed by atoms with Gasteiger partial charge in [0.2, 0.25) is 0 Å². The second-order valence-electron chi connectivity index (χ2n) is 9.68. The van der Waals surface area contributed by atoms with E-state index in [0.29, 0.717) is 6.04 Å². The highest BCUT2D eigenvalue weighted by atomic mass is 16.5. The normalized spacial score (nSPS) is 18.9. The zero-order chi connectivity index (χ0) is 21.2. The first-order chi connectivity index (χ1) is 13.6. The fraction of sp³-hybridized carbons (Fsp3) is 0.583. The van der Waals surface area contributed by atoms with Crippen LogP contribution in [0.3, 0.4) is 0 Å². The molecule has 0 saturated carbocycles. The Morgan fingerprint density at radius 2 is 1.79 bits per heavy atom. The first-order valence-corrected chi connectivity index (χ1v) is 10.5. The number of hydrogen-bond donors (Lipinski definition) is 2. The number of ether oxygens (including phenoxy) is 1. The minimum Gasteiger partial charge on any atom is -0.496 e. The number of nitrogens with one attached hydrogen (secondary N) is 1. The van der Waals surface area contributed by atoms with E-state index in [1.54, 1.807) is 7.11 Å². The van der Waals surface area contributed by atoms with E-state index in [1.807, 2.05) is 19.1 Å². The van der Waals surface area contributed by atoms with Crippen molar-refractivity contribution in [3.8, 4) is 5.75 Å². The molecule has 0 bridgehead atoms. The van der Waals surface area contributed by atoms with Crippen molar-refractivity contribution in [3.05, 3.63) is 53.0 Å². The molecule has 3 rings (SSSR count). The first-order valence-electron chi connectivity index (χ1n) is 10.5. The zero-order valence-electron chi connectivity index (χ0n) is 18.7. The average Bonchev–Trinajstić information content (AvgIpc) is 3.03. The molecule has 5 heteroatoms. The fourth-order valence-electron chi connectivity index (χ4n) is 4.90. The smallest absolute Gasteiger partial charge is 0.124 e. The predicted octanol–water partition coefficient (Wildman–Crippen LogP) is 4.40. The van der Waals surface area contributed by atoms with E-state index in [0.717, 1.165) is 48.8 Å². The molecule has 0 aliphatic carbocycles. The molecule has 1 aliphatic heterocycles. The van der Waals surface area contributed by atoms with Crippen molar-refractivity contribution >= 4 is 0 Å². The Hall–Kier alpha value is -1.82. The molecule has 2 aromatic rings. The highest BCUT2D eigenvalue weighted by Crippen LogP contribution is 2.33. The maximum atomic E-state index is 9.72. The molecule has 2 heterocycles. The summed E-state index contributed by atoms with van der Waals surface area (Å²) in [7, 11) is 1.64. The van der Waals surface area contributed by atoms with Crippen LogP contribution in [0.5, 0.6) is 5.75 Å². The quantitative estimate of drug-likeness (QED) is 0.721. The summed E-state index contributed by atoms with van der Waals surface area (Å²) in [6, 6.07) is 10.6. The third-order valence-electron chi connectivity index (χ3n) is 5.74. The van der Waals surface area contributed by atoms with Crippen LogP contribution in [0.1, 0.15) is 63.2 Å². The van der Waals surface area contributed by atoms with Gasteiger partial charge in [-0.1, -0.05) is 6.07 Å². The minimum atomic E-state index is -0.0260. The number of nitrogens with zero attached hydrogens (tertiary/aromatic N) is 1. The molecule has 1 fully saturated rings. The number of methoxy groups -OCH3 is 1. The number of aliphatic hydroxyl groups is 1. The molecular weight excluding hydrogens is 364 g/mol. The third kappa shape index (κ3) is 5.62. The Bertz CT molecular complexity index is 809. The second kappa shape index (κ2) is 8.50. The predicted molar refractivity (Wildman–Crippen MR) is 116 cm³/mol. The maximum absolute atomic E-state index is 9.72. The van der Waals surface area contributed by atoms with Gasteiger partial charge >= 0.3 is 0 Å². The Morgan fingerprint density at radius 3 is 2.34 bits per heavy atom. The first kappa shape index (κ1) is 21.9. The molecule has 29 heavy (non-hydrogen) atoms. The molecule has 0 unspecified atom stereocenters. The van der Waals surface area contributed by atoms with Gasteiger partial charge < -0.3 is 19.6 Å². The summed E-state index contributed by atoms with van der Waals surface area (Å²) in [5.74, 6) is 2.67. The van der Waals surface area contributed by atoms with Crippen LogP contribution in [0.4, 0.5) is 0 Å². The summed E-state index contributed by atoms with van der Waals surface area (Å²) >= 11 is 0. The molecule has 1 aromatic carbocycles. The van der Waals surface area contributed by atoms with E-state index < -0.39 is 0 Å². The highest BCUT2D eigenvalue weighted by molar-refractivity contribution is 5.37. The zero-order valence-corrected chi connectivity index (χ0v) is 18.7. The van der Waals surface area contributed by atoms with E-state index in [-0.39, 0.29) is 17.7 Å². The second-order valence-corrected chi connectivity index (χ2v) is 9.68. The van der Waals surface area contributed by atoms with Gasteiger partial charge in [-0.3, -0.25) is 4.90 Å². The summed E-state index contributed by atoms with van der Waals surface area (Å²) in [4.78, 5) is 2.52. The lowest BCUT2D eigenvalue weighted by Gasteiger charge is -2.49. The van der Waals surface area contributed by atoms with E-state index in [9.17, 15) is 5.11 Å². The van der Waals surface area contributed by atoms with Crippen molar-refractivity contribution in [2.24, 2.45) is 0 Å². The average molecular weight is 401 g/mol. The molecule has 2 N–H and O–H groups in total. The van der Waals surface area contributed by atoms with E-state index in [1.165, 1.54) is 5.56 Å². The lowest BCUT2D eigenvalue weighted by Crippen LogP contribution is -2.62.